The van der Waals surface area contributed by atoms with Crippen LogP contribution < -0.4 is 0 Å². The van der Waals surface area contributed by atoms with Gasteiger partial charge < -0.3 is 4.74 Å². The number of rotatable bonds is 6. The van der Waals surface area contributed by atoms with Crippen LogP contribution in [0.25, 0.3) is 0 Å². The predicted molar refractivity (Wildman–Crippen MR) is 52.7 cm³/mol. The molecule has 1 aliphatic rings. The number of carbonyl (C=O) groups is 1. The quantitative estimate of drug-likeness (QED) is 0.634. The van der Waals surface area contributed by atoms with E-state index in [0.29, 0.717) is 18.3 Å². The van der Waals surface area contributed by atoms with E-state index < -0.39 is 0 Å². The van der Waals surface area contributed by atoms with Crippen molar-refractivity contribution in [2.75, 3.05) is 6.61 Å². The van der Waals surface area contributed by atoms with Crippen molar-refractivity contribution in [2.24, 2.45) is 5.92 Å². The van der Waals surface area contributed by atoms with Crippen molar-refractivity contribution in [3.05, 3.63) is 0 Å². The molecule has 76 valence electrons. The van der Waals surface area contributed by atoms with Crippen LogP contribution in [0.1, 0.15) is 46.0 Å². The second kappa shape index (κ2) is 5.38. The fourth-order valence-electron chi connectivity index (χ4n) is 1.73. The summed E-state index contributed by atoms with van der Waals surface area (Å²) in [5.41, 5.74) is 0. The molecule has 1 unspecified atom stereocenters. The van der Waals surface area contributed by atoms with Crippen molar-refractivity contribution < 1.29 is 9.53 Å². The van der Waals surface area contributed by atoms with Crippen molar-refractivity contribution in [1.29, 1.82) is 0 Å². The molecule has 0 heterocycles. The Kier molecular flexibility index (Phi) is 4.43. The number of ketones is 1. The third-order valence-electron chi connectivity index (χ3n) is 2.74. The molecule has 0 aliphatic heterocycles. The first-order valence-corrected chi connectivity index (χ1v) is 5.44. The van der Waals surface area contributed by atoms with Crippen LogP contribution in [0.3, 0.4) is 0 Å². The second-order valence-corrected chi connectivity index (χ2v) is 3.76. The zero-order valence-corrected chi connectivity index (χ0v) is 8.71. The Morgan fingerprint density at radius 1 is 1.46 bits per heavy atom. The van der Waals surface area contributed by atoms with Crippen molar-refractivity contribution in [2.45, 2.75) is 52.1 Å². The Morgan fingerprint density at radius 3 is 2.54 bits per heavy atom. The van der Waals surface area contributed by atoms with E-state index in [2.05, 4.69) is 6.92 Å². The molecule has 1 saturated carbocycles. The van der Waals surface area contributed by atoms with Gasteiger partial charge in [-0.15, -0.1) is 0 Å². The van der Waals surface area contributed by atoms with Crippen molar-refractivity contribution in [3.8, 4) is 0 Å². The number of hydrogen-bond donors (Lipinski definition) is 0. The summed E-state index contributed by atoms with van der Waals surface area (Å²) in [6.07, 6.45) is 5.21. The Balaban J connectivity index is 2.37. The summed E-state index contributed by atoms with van der Waals surface area (Å²) >= 11 is 0. The van der Waals surface area contributed by atoms with Gasteiger partial charge in [0.2, 0.25) is 0 Å². The van der Waals surface area contributed by atoms with Crippen LogP contribution in [0.15, 0.2) is 0 Å². The minimum atomic E-state index is -0.111. The lowest BCUT2D eigenvalue weighted by atomic mass is 9.80. The van der Waals surface area contributed by atoms with Crippen molar-refractivity contribution >= 4 is 5.78 Å². The first kappa shape index (κ1) is 10.7. The Hall–Kier alpha value is -0.370. The van der Waals surface area contributed by atoms with E-state index in [-0.39, 0.29) is 6.10 Å². The number of carbonyl (C=O) groups excluding carboxylic acids is 1. The lowest BCUT2D eigenvalue weighted by molar-refractivity contribution is -0.137. The van der Waals surface area contributed by atoms with E-state index in [1.54, 1.807) is 0 Å². The van der Waals surface area contributed by atoms with Crippen molar-refractivity contribution in [1.82, 2.24) is 0 Å². The zero-order valence-electron chi connectivity index (χ0n) is 8.71. The lowest BCUT2D eigenvalue weighted by Gasteiger charge is -2.27. The number of ether oxygens (including phenoxy) is 1. The smallest absolute Gasteiger partial charge is 0.164 e. The highest BCUT2D eigenvalue weighted by Crippen LogP contribution is 2.29. The van der Waals surface area contributed by atoms with Gasteiger partial charge in [-0.2, -0.15) is 0 Å². The van der Waals surface area contributed by atoms with Gasteiger partial charge >= 0.3 is 0 Å². The van der Waals surface area contributed by atoms with Crippen LogP contribution >= 0.6 is 0 Å². The summed E-state index contributed by atoms with van der Waals surface area (Å²) in [6, 6.07) is 0. The molecule has 2 nitrogen and oxygen atoms in total. The molecule has 0 saturated heterocycles. The summed E-state index contributed by atoms with van der Waals surface area (Å²) in [5, 5.41) is 0. The van der Waals surface area contributed by atoms with E-state index in [9.17, 15) is 4.79 Å². The summed E-state index contributed by atoms with van der Waals surface area (Å²) in [6.45, 7) is 4.71. The highest BCUT2D eigenvalue weighted by atomic mass is 16.5. The molecule has 1 atom stereocenters. The van der Waals surface area contributed by atoms with Gasteiger partial charge in [0.05, 0.1) is 0 Å². The average molecular weight is 184 g/mol. The van der Waals surface area contributed by atoms with Gasteiger partial charge in [-0.05, 0) is 26.2 Å². The van der Waals surface area contributed by atoms with E-state index in [0.717, 1.165) is 25.7 Å². The maximum absolute atomic E-state index is 11.8. The Morgan fingerprint density at radius 2 is 2.15 bits per heavy atom. The molecule has 1 aliphatic carbocycles. The summed E-state index contributed by atoms with van der Waals surface area (Å²) in [5.74, 6) is 0.679. The number of Topliss-reactive ketones (excluding diaryl/α,β-unsaturated/α-hetero) is 1. The first-order valence-electron chi connectivity index (χ1n) is 5.44. The summed E-state index contributed by atoms with van der Waals surface area (Å²) in [4.78, 5) is 11.8. The van der Waals surface area contributed by atoms with Crippen LogP contribution in [-0.4, -0.2) is 18.5 Å². The molecule has 0 aromatic heterocycles. The predicted octanol–water partition coefficient (Wildman–Crippen LogP) is 2.56. The van der Waals surface area contributed by atoms with Crippen molar-refractivity contribution in [3.63, 3.8) is 0 Å². The maximum atomic E-state index is 11.8. The van der Waals surface area contributed by atoms with Crippen LogP contribution in [0, 0.1) is 5.92 Å². The van der Waals surface area contributed by atoms with Crippen LogP contribution in [0.2, 0.25) is 0 Å². The van der Waals surface area contributed by atoms with E-state index >= 15 is 0 Å². The minimum absolute atomic E-state index is 0.111. The van der Waals surface area contributed by atoms with Gasteiger partial charge in [0, 0.05) is 12.5 Å². The third-order valence-corrected chi connectivity index (χ3v) is 2.74. The third kappa shape index (κ3) is 2.80. The molecular weight excluding hydrogens is 164 g/mol. The molecule has 0 N–H and O–H groups in total. The Labute approximate surface area is 80.7 Å². The number of hydrogen-bond acceptors (Lipinski definition) is 2. The zero-order chi connectivity index (χ0) is 9.68. The lowest BCUT2D eigenvalue weighted by Crippen LogP contribution is -2.34. The monoisotopic (exact) mass is 184 g/mol. The molecule has 2 heteroatoms. The summed E-state index contributed by atoms with van der Waals surface area (Å²) < 4.78 is 5.45. The van der Waals surface area contributed by atoms with Gasteiger partial charge in [0.15, 0.2) is 5.78 Å². The van der Waals surface area contributed by atoms with E-state index in [1.807, 2.05) is 6.92 Å². The van der Waals surface area contributed by atoms with Gasteiger partial charge in [-0.3, -0.25) is 4.79 Å². The van der Waals surface area contributed by atoms with Crippen LogP contribution in [-0.2, 0) is 9.53 Å². The van der Waals surface area contributed by atoms with Gasteiger partial charge in [0.1, 0.15) is 6.10 Å². The molecule has 1 fully saturated rings. The molecule has 13 heavy (non-hydrogen) atoms. The molecule has 1 rings (SSSR count). The van der Waals surface area contributed by atoms with Crippen LogP contribution in [0.5, 0.6) is 0 Å². The van der Waals surface area contributed by atoms with E-state index in [4.69, 9.17) is 4.74 Å². The van der Waals surface area contributed by atoms with Gasteiger partial charge in [-0.25, -0.2) is 0 Å². The molecular formula is C11H20O2. The highest BCUT2D eigenvalue weighted by Gasteiger charge is 2.30. The normalized spacial score (nSPS) is 19.5. The molecule has 0 radical (unpaired) electrons. The van der Waals surface area contributed by atoms with E-state index in [1.165, 1.54) is 6.42 Å². The standard InChI is InChI=1S/C11H20O2/c1-3-6-10(13-4-2)11(12)9-7-5-8-9/h9-10H,3-8H2,1-2H3. The molecule has 0 spiro atoms. The molecule has 0 amide bonds. The minimum Gasteiger partial charge on any atom is -0.371 e. The second-order valence-electron chi connectivity index (χ2n) is 3.76. The first-order chi connectivity index (χ1) is 6.29. The molecule has 0 aromatic carbocycles. The Bertz CT molecular complexity index is 155. The van der Waals surface area contributed by atoms with Crippen LogP contribution in [0.4, 0.5) is 0 Å². The topological polar surface area (TPSA) is 26.3 Å². The fraction of sp³-hybridized carbons (Fsp3) is 0.909. The SMILES string of the molecule is CCCC(OCC)C(=O)C1CCC1. The average Bonchev–Trinajstić information content (AvgIpc) is 2.01. The summed E-state index contributed by atoms with van der Waals surface area (Å²) in [7, 11) is 0. The highest BCUT2D eigenvalue weighted by molar-refractivity contribution is 5.86. The maximum Gasteiger partial charge on any atom is 0.164 e. The molecule has 0 bridgehead atoms. The fourth-order valence-corrected chi connectivity index (χ4v) is 1.73. The molecule has 0 aromatic rings. The largest absolute Gasteiger partial charge is 0.371 e. The van der Waals surface area contributed by atoms with Gasteiger partial charge in [-0.1, -0.05) is 19.8 Å². The van der Waals surface area contributed by atoms with Gasteiger partial charge in [0.25, 0.3) is 0 Å².